The number of morpholine rings is 1. The van der Waals surface area contributed by atoms with Crippen LogP contribution in [0.25, 0.3) is 5.82 Å². The summed E-state index contributed by atoms with van der Waals surface area (Å²) in [5, 5.41) is 19.3. The van der Waals surface area contributed by atoms with Crippen LogP contribution in [-0.2, 0) is 11.3 Å². The van der Waals surface area contributed by atoms with Crippen LogP contribution in [0.4, 0.5) is 5.82 Å². The summed E-state index contributed by atoms with van der Waals surface area (Å²) in [6, 6.07) is 3.53. The Labute approximate surface area is 164 Å². The fourth-order valence-corrected chi connectivity index (χ4v) is 2.89. The maximum atomic E-state index is 12.7. The van der Waals surface area contributed by atoms with Crippen molar-refractivity contribution in [3.8, 4) is 5.82 Å². The average molecular weight is 399 g/mol. The summed E-state index contributed by atoms with van der Waals surface area (Å²) in [7, 11) is 0. The van der Waals surface area contributed by atoms with Crippen molar-refractivity contribution in [1.82, 2.24) is 35.7 Å². The molecule has 1 saturated heterocycles. The van der Waals surface area contributed by atoms with E-state index in [2.05, 4.69) is 40.8 Å². The summed E-state index contributed by atoms with van der Waals surface area (Å²) in [5.41, 5.74) is 9.71. The molecule has 0 saturated carbocycles. The predicted octanol–water partition coefficient (Wildman–Crippen LogP) is -2.19. The van der Waals surface area contributed by atoms with Gasteiger partial charge < -0.3 is 15.4 Å². The lowest BCUT2D eigenvalue weighted by molar-refractivity contribution is -0.921. The van der Waals surface area contributed by atoms with Crippen molar-refractivity contribution in [1.29, 1.82) is 0 Å². The predicted molar refractivity (Wildman–Crippen MR) is 98.1 cm³/mol. The van der Waals surface area contributed by atoms with Crippen molar-refractivity contribution in [2.45, 2.75) is 6.54 Å². The summed E-state index contributed by atoms with van der Waals surface area (Å²) in [5.74, 6) is -0.269. The summed E-state index contributed by atoms with van der Waals surface area (Å²) < 4.78 is 11.4. The number of pyridine rings is 1. The Kier molecular flexibility index (Phi) is 5.49. The molecule has 4 rings (SSSR count). The van der Waals surface area contributed by atoms with Crippen LogP contribution in [0.3, 0.4) is 0 Å². The molecule has 0 radical (unpaired) electrons. The number of anilines is 1. The minimum atomic E-state index is -0.501. The number of carbonyl (C=O) groups is 1. The molecule has 1 fully saturated rings. The van der Waals surface area contributed by atoms with Crippen molar-refractivity contribution in [3.05, 3.63) is 41.5 Å². The van der Waals surface area contributed by atoms with Gasteiger partial charge in [-0.05, 0) is 28.0 Å². The van der Waals surface area contributed by atoms with Crippen molar-refractivity contribution >= 4 is 17.9 Å². The number of hydrogen-bond donors (Lipinski definition) is 3. The Balaban J connectivity index is 1.58. The number of rotatable bonds is 6. The van der Waals surface area contributed by atoms with Crippen molar-refractivity contribution < 1.29 is 19.1 Å². The molecular weight excluding hydrogens is 380 g/mol. The average Bonchev–Trinajstić information content (AvgIpc) is 3.35. The van der Waals surface area contributed by atoms with Gasteiger partial charge in [0.05, 0.1) is 19.4 Å². The number of carbonyl (C=O) groups excluding carboxylic acids is 1. The summed E-state index contributed by atoms with van der Waals surface area (Å²) in [6.07, 6.45) is 4.78. The van der Waals surface area contributed by atoms with E-state index in [-0.39, 0.29) is 17.3 Å². The van der Waals surface area contributed by atoms with Gasteiger partial charge in [0.15, 0.2) is 5.69 Å². The SMILES string of the molecule is Nc1nonc1-n1nnc(C(=O)N/N=C\c2ccncc2)c1C[NH+]1CCOCC1. The molecule has 1 aliphatic heterocycles. The zero-order valence-electron chi connectivity index (χ0n) is 15.4. The fourth-order valence-electron chi connectivity index (χ4n) is 2.89. The van der Waals surface area contributed by atoms with Crippen LogP contribution in [0.15, 0.2) is 34.3 Å². The van der Waals surface area contributed by atoms with Gasteiger partial charge in [0.2, 0.25) is 11.6 Å². The Bertz CT molecular complexity index is 994. The number of ether oxygens (including phenoxy) is 1. The first kappa shape index (κ1) is 18.6. The van der Waals surface area contributed by atoms with Gasteiger partial charge in [-0.25, -0.2) is 10.1 Å². The number of hydrogen-bond acceptors (Lipinski definition) is 10. The summed E-state index contributed by atoms with van der Waals surface area (Å²) in [6.45, 7) is 3.34. The molecule has 0 aliphatic carbocycles. The van der Waals surface area contributed by atoms with Gasteiger partial charge in [-0.1, -0.05) is 5.21 Å². The van der Waals surface area contributed by atoms with E-state index in [1.807, 2.05) is 0 Å². The molecule has 0 aromatic carbocycles. The van der Waals surface area contributed by atoms with Crippen molar-refractivity contribution in [3.63, 3.8) is 0 Å². The van der Waals surface area contributed by atoms with E-state index in [1.54, 1.807) is 24.5 Å². The molecule has 13 nitrogen and oxygen atoms in total. The van der Waals surface area contributed by atoms with Gasteiger partial charge in [-0.2, -0.15) is 9.78 Å². The highest BCUT2D eigenvalue weighted by Gasteiger charge is 2.28. The molecule has 1 amide bonds. The highest BCUT2D eigenvalue weighted by Crippen LogP contribution is 2.15. The van der Waals surface area contributed by atoms with Crippen molar-refractivity contribution in [2.24, 2.45) is 5.10 Å². The quantitative estimate of drug-likeness (QED) is 0.308. The first-order valence-corrected chi connectivity index (χ1v) is 8.90. The van der Waals surface area contributed by atoms with Crippen LogP contribution in [0, 0.1) is 0 Å². The lowest BCUT2D eigenvalue weighted by Crippen LogP contribution is -3.12. The number of hydrazone groups is 1. The van der Waals surface area contributed by atoms with Gasteiger partial charge in [0, 0.05) is 12.4 Å². The maximum Gasteiger partial charge on any atom is 0.294 e. The highest BCUT2D eigenvalue weighted by atomic mass is 16.6. The Morgan fingerprint density at radius 1 is 1.31 bits per heavy atom. The molecule has 4 N–H and O–H groups in total. The second kappa shape index (κ2) is 8.53. The molecule has 13 heteroatoms. The van der Waals surface area contributed by atoms with E-state index in [4.69, 9.17) is 10.5 Å². The molecule has 0 unspecified atom stereocenters. The molecule has 0 spiro atoms. The third-order valence-corrected chi connectivity index (χ3v) is 4.38. The standard InChI is InChI=1S/C16H18N10O3/c17-14-15(23-29-22-14)26-12(10-25-5-7-28-8-6-25)13(20-24-26)16(27)21-19-9-11-1-3-18-4-2-11/h1-4,9H,5-8,10H2,(H2,17,22)(H,21,27)/p+1/b19-9-. The topological polar surface area (TPSA) is 164 Å². The second-order valence-corrected chi connectivity index (χ2v) is 6.29. The normalized spacial score (nSPS) is 15.0. The van der Waals surface area contributed by atoms with E-state index >= 15 is 0 Å². The Morgan fingerprint density at radius 2 is 2.10 bits per heavy atom. The minimum absolute atomic E-state index is 0.0517. The number of nitrogen functional groups attached to an aromatic ring is 1. The smallest absolute Gasteiger partial charge is 0.294 e. The zero-order chi connectivity index (χ0) is 20.1. The minimum Gasteiger partial charge on any atom is -0.378 e. The molecule has 4 heterocycles. The van der Waals surface area contributed by atoms with Crippen LogP contribution < -0.4 is 16.1 Å². The number of nitrogens with two attached hydrogens (primary N) is 1. The van der Waals surface area contributed by atoms with Gasteiger partial charge in [-0.3, -0.25) is 9.78 Å². The fraction of sp³-hybridized carbons (Fsp3) is 0.312. The third kappa shape index (κ3) is 4.25. The number of amides is 1. The number of quaternary nitrogens is 1. The van der Waals surface area contributed by atoms with E-state index in [0.717, 1.165) is 18.7 Å². The van der Waals surface area contributed by atoms with Gasteiger partial charge in [0.25, 0.3) is 5.91 Å². The van der Waals surface area contributed by atoms with Crippen LogP contribution in [0.5, 0.6) is 0 Å². The second-order valence-electron chi connectivity index (χ2n) is 6.29. The zero-order valence-corrected chi connectivity index (χ0v) is 15.4. The van der Waals surface area contributed by atoms with Crippen LogP contribution >= 0.6 is 0 Å². The summed E-state index contributed by atoms with van der Waals surface area (Å²) in [4.78, 5) is 17.8. The van der Waals surface area contributed by atoms with E-state index in [1.165, 1.54) is 15.8 Å². The number of nitrogens with zero attached hydrogens (tertiary/aromatic N) is 7. The Hall–Kier alpha value is -3.71. The van der Waals surface area contributed by atoms with E-state index in [0.29, 0.717) is 25.5 Å². The van der Waals surface area contributed by atoms with E-state index < -0.39 is 5.91 Å². The molecule has 0 bridgehead atoms. The van der Waals surface area contributed by atoms with Crippen molar-refractivity contribution in [2.75, 3.05) is 32.0 Å². The molecule has 1 aliphatic rings. The monoisotopic (exact) mass is 399 g/mol. The first-order chi connectivity index (χ1) is 14.2. The molecule has 0 atom stereocenters. The lowest BCUT2D eigenvalue weighted by Gasteiger charge is -2.23. The highest BCUT2D eigenvalue weighted by molar-refractivity contribution is 5.94. The van der Waals surface area contributed by atoms with Crippen LogP contribution in [0.2, 0.25) is 0 Å². The van der Waals surface area contributed by atoms with Gasteiger partial charge in [-0.15, -0.1) is 5.10 Å². The lowest BCUT2D eigenvalue weighted by atomic mass is 10.2. The first-order valence-electron chi connectivity index (χ1n) is 8.90. The largest absolute Gasteiger partial charge is 0.378 e. The Morgan fingerprint density at radius 3 is 2.83 bits per heavy atom. The molecule has 3 aromatic rings. The van der Waals surface area contributed by atoms with E-state index in [9.17, 15) is 4.79 Å². The van der Waals surface area contributed by atoms with Gasteiger partial charge >= 0.3 is 0 Å². The number of nitrogens with one attached hydrogen (secondary N) is 2. The molecular formula is C16H19N10O3+. The van der Waals surface area contributed by atoms with Crippen LogP contribution in [0.1, 0.15) is 21.7 Å². The van der Waals surface area contributed by atoms with Gasteiger partial charge in [0.1, 0.15) is 25.3 Å². The maximum absolute atomic E-state index is 12.7. The summed E-state index contributed by atoms with van der Waals surface area (Å²) >= 11 is 0. The van der Waals surface area contributed by atoms with Crippen LogP contribution in [-0.4, -0.2) is 68.7 Å². The molecule has 29 heavy (non-hydrogen) atoms. The molecule has 3 aromatic heterocycles. The molecule has 150 valence electrons. The third-order valence-electron chi connectivity index (χ3n) is 4.38. The number of aromatic nitrogens is 6.